The molecule has 0 fully saturated rings. The van der Waals surface area contributed by atoms with Gasteiger partial charge in [-0.25, -0.2) is 0 Å². The van der Waals surface area contributed by atoms with E-state index in [1.807, 2.05) is 50.2 Å². The summed E-state index contributed by atoms with van der Waals surface area (Å²) in [6, 6.07) is 16.2. The van der Waals surface area contributed by atoms with Gasteiger partial charge in [0.25, 0.3) is 5.91 Å². The van der Waals surface area contributed by atoms with E-state index in [0.717, 1.165) is 16.7 Å². The van der Waals surface area contributed by atoms with Gasteiger partial charge < -0.3 is 9.15 Å². The van der Waals surface area contributed by atoms with E-state index >= 15 is 0 Å². The lowest BCUT2D eigenvalue weighted by Crippen LogP contribution is -2.29. The van der Waals surface area contributed by atoms with Crippen LogP contribution in [0.1, 0.15) is 64.2 Å². The summed E-state index contributed by atoms with van der Waals surface area (Å²) in [5.74, 6) is 0.550. The molecular weight excluding hydrogens is 462 g/mol. The maximum atomic E-state index is 13.8. The largest absolute Gasteiger partial charge is 0.495 e. The molecule has 3 aromatic carbocycles. The van der Waals surface area contributed by atoms with Gasteiger partial charge >= 0.3 is 0 Å². The second-order valence-electron chi connectivity index (χ2n) is 9.32. The van der Waals surface area contributed by atoms with Gasteiger partial charge in [0.15, 0.2) is 5.43 Å². The third-order valence-corrected chi connectivity index (χ3v) is 7.11. The minimum absolute atomic E-state index is 0.0654. The summed E-state index contributed by atoms with van der Waals surface area (Å²) in [5.41, 5.74) is 5.09. The Bertz CT molecular complexity index is 1540. The van der Waals surface area contributed by atoms with E-state index < -0.39 is 6.04 Å². The standard InChI is InChI=1S/C29H26ClNO4/c1-15(2)18-6-8-19(9-7-18)26-25-27(32)21-12-16(3)17(4)13-24(21)35-28(25)29(33)31(26)20-10-11-23(34-5)22(30)14-20/h6-15,26H,1-5H3. The fraction of sp³-hybridized carbons (Fsp3) is 0.241. The first-order valence-electron chi connectivity index (χ1n) is 11.6. The molecule has 5 rings (SSSR count). The molecule has 2 heterocycles. The average molecular weight is 488 g/mol. The minimum atomic E-state index is -0.648. The van der Waals surface area contributed by atoms with Crippen molar-refractivity contribution in [2.45, 2.75) is 39.7 Å². The van der Waals surface area contributed by atoms with Crippen molar-refractivity contribution in [3.8, 4) is 5.75 Å². The van der Waals surface area contributed by atoms with Gasteiger partial charge in [0, 0.05) is 5.69 Å². The smallest absolute Gasteiger partial charge is 0.295 e. The van der Waals surface area contributed by atoms with Crippen molar-refractivity contribution in [1.29, 1.82) is 0 Å². The Morgan fingerprint density at radius 1 is 0.971 bits per heavy atom. The highest BCUT2D eigenvalue weighted by molar-refractivity contribution is 6.32. The molecule has 35 heavy (non-hydrogen) atoms. The molecule has 1 amide bonds. The molecule has 0 bridgehead atoms. The van der Waals surface area contributed by atoms with Gasteiger partial charge in [0.05, 0.1) is 29.1 Å². The lowest BCUT2D eigenvalue weighted by Gasteiger charge is -2.26. The lowest BCUT2D eigenvalue weighted by molar-refractivity contribution is 0.0971. The molecule has 1 aliphatic heterocycles. The van der Waals surface area contributed by atoms with Crippen molar-refractivity contribution in [1.82, 2.24) is 0 Å². The molecule has 0 saturated carbocycles. The SMILES string of the molecule is COc1ccc(N2C(=O)c3oc4cc(C)c(C)cc4c(=O)c3C2c2ccc(C(C)C)cc2)cc1Cl. The van der Waals surface area contributed by atoms with E-state index in [4.69, 9.17) is 20.8 Å². The molecule has 178 valence electrons. The summed E-state index contributed by atoms with van der Waals surface area (Å²) < 4.78 is 11.4. The van der Waals surface area contributed by atoms with Crippen LogP contribution in [0.3, 0.4) is 0 Å². The number of nitrogens with zero attached hydrogens (tertiary/aromatic N) is 1. The second kappa shape index (κ2) is 8.58. The molecule has 1 unspecified atom stereocenters. The van der Waals surface area contributed by atoms with Crippen LogP contribution < -0.4 is 15.1 Å². The van der Waals surface area contributed by atoms with Crippen LogP contribution in [0.15, 0.2) is 63.8 Å². The van der Waals surface area contributed by atoms with Gasteiger partial charge in [-0.05, 0) is 72.4 Å². The van der Waals surface area contributed by atoms with Crippen LogP contribution in [-0.4, -0.2) is 13.0 Å². The molecule has 6 heteroatoms. The molecule has 0 N–H and O–H groups in total. The highest BCUT2D eigenvalue weighted by atomic mass is 35.5. The van der Waals surface area contributed by atoms with Crippen LogP contribution >= 0.6 is 11.6 Å². The van der Waals surface area contributed by atoms with Gasteiger partial charge in [-0.3, -0.25) is 14.5 Å². The number of halogens is 1. The maximum Gasteiger partial charge on any atom is 0.295 e. The topological polar surface area (TPSA) is 59.8 Å². The van der Waals surface area contributed by atoms with Crippen LogP contribution in [0.5, 0.6) is 5.75 Å². The number of amides is 1. The number of benzene rings is 3. The van der Waals surface area contributed by atoms with Gasteiger partial charge in [-0.2, -0.15) is 0 Å². The fourth-order valence-corrected chi connectivity index (χ4v) is 4.93. The Morgan fingerprint density at radius 2 is 1.66 bits per heavy atom. The predicted molar refractivity (Wildman–Crippen MR) is 139 cm³/mol. The number of methoxy groups -OCH3 is 1. The highest BCUT2D eigenvalue weighted by Gasteiger charge is 2.43. The molecule has 1 aliphatic rings. The third kappa shape index (κ3) is 3.71. The lowest BCUT2D eigenvalue weighted by atomic mass is 9.94. The Labute approximate surface area is 208 Å². The first-order chi connectivity index (χ1) is 16.7. The fourth-order valence-electron chi connectivity index (χ4n) is 4.68. The van der Waals surface area contributed by atoms with Crippen molar-refractivity contribution >= 4 is 34.2 Å². The van der Waals surface area contributed by atoms with Gasteiger partial charge in [0.1, 0.15) is 11.3 Å². The van der Waals surface area contributed by atoms with Crippen molar-refractivity contribution < 1.29 is 13.9 Å². The third-order valence-electron chi connectivity index (χ3n) is 6.82. The molecule has 1 atom stereocenters. The van der Waals surface area contributed by atoms with Crippen molar-refractivity contribution in [2.24, 2.45) is 0 Å². The summed E-state index contributed by atoms with van der Waals surface area (Å²) in [5, 5.41) is 0.844. The molecule has 0 radical (unpaired) electrons. The second-order valence-corrected chi connectivity index (χ2v) is 9.73. The Hall–Kier alpha value is -3.57. The summed E-state index contributed by atoms with van der Waals surface area (Å²) >= 11 is 6.42. The van der Waals surface area contributed by atoms with E-state index in [-0.39, 0.29) is 17.1 Å². The zero-order chi connectivity index (χ0) is 25.0. The van der Waals surface area contributed by atoms with Gasteiger partial charge in [-0.15, -0.1) is 0 Å². The predicted octanol–water partition coefficient (Wildman–Crippen LogP) is 6.95. The highest BCUT2D eigenvalue weighted by Crippen LogP contribution is 2.43. The monoisotopic (exact) mass is 487 g/mol. The number of carbonyl (C=O) groups excluding carboxylic acids is 1. The number of ether oxygens (including phenoxy) is 1. The summed E-state index contributed by atoms with van der Waals surface area (Å²) in [4.78, 5) is 29.2. The molecule has 4 aromatic rings. The summed E-state index contributed by atoms with van der Waals surface area (Å²) in [7, 11) is 1.54. The number of hydrogen-bond acceptors (Lipinski definition) is 4. The summed E-state index contributed by atoms with van der Waals surface area (Å²) in [6.45, 7) is 8.16. The first-order valence-corrected chi connectivity index (χ1v) is 11.9. The normalized spacial score (nSPS) is 15.2. The number of fused-ring (bicyclic) bond motifs is 2. The van der Waals surface area contributed by atoms with Crippen molar-refractivity contribution in [2.75, 3.05) is 12.0 Å². The average Bonchev–Trinajstić information content (AvgIpc) is 3.13. The molecule has 0 saturated heterocycles. The number of anilines is 1. The van der Waals surface area contributed by atoms with E-state index in [1.54, 1.807) is 23.1 Å². The number of carbonyl (C=O) groups is 1. The summed E-state index contributed by atoms with van der Waals surface area (Å²) in [6.07, 6.45) is 0. The number of hydrogen-bond donors (Lipinski definition) is 0. The zero-order valence-electron chi connectivity index (χ0n) is 20.3. The first kappa shape index (κ1) is 23.2. The van der Waals surface area contributed by atoms with Crippen LogP contribution in [0.4, 0.5) is 5.69 Å². The van der Waals surface area contributed by atoms with Gasteiger partial charge in [-0.1, -0.05) is 49.7 Å². The molecule has 1 aromatic heterocycles. The van der Waals surface area contributed by atoms with Crippen LogP contribution in [0.2, 0.25) is 5.02 Å². The Kier molecular flexibility index (Phi) is 5.68. The zero-order valence-corrected chi connectivity index (χ0v) is 21.1. The Morgan fingerprint density at radius 3 is 2.29 bits per heavy atom. The van der Waals surface area contributed by atoms with Gasteiger partial charge in [0.2, 0.25) is 5.76 Å². The van der Waals surface area contributed by atoms with Crippen LogP contribution in [0.25, 0.3) is 11.0 Å². The number of aryl methyl sites for hydroxylation is 2. The van der Waals surface area contributed by atoms with E-state index in [1.165, 1.54) is 12.7 Å². The molecule has 0 spiro atoms. The number of rotatable bonds is 4. The van der Waals surface area contributed by atoms with E-state index in [0.29, 0.717) is 38.9 Å². The molecule has 5 nitrogen and oxygen atoms in total. The Balaban J connectivity index is 1.78. The maximum absolute atomic E-state index is 13.8. The van der Waals surface area contributed by atoms with E-state index in [2.05, 4.69) is 13.8 Å². The quantitative estimate of drug-likeness (QED) is 0.312. The van der Waals surface area contributed by atoms with Crippen LogP contribution in [-0.2, 0) is 0 Å². The van der Waals surface area contributed by atoms with Crippen molar-refractivity contribution in [3.05, 3.63) is 103 Å². The molecular formula is C29H26ClNO4. The van der Waals surface area contributed by atoms with Crippen LogP contribution in [0, 0.1) is 13.8 Å². The van der Waals surface area contributed by atoms with Crippen molar-refractivity contribution in [3.63, 3.8) is 0 Å². The minimum Gasteiger partial charge on any atom is -0.495 e. The van der Waals surface area contributed by atoms with E-state index in [9.17, 15) is 9.59 Å². The molecule has 0 aliphatic carbocycles.